The molecule has 0 aromatic carbocycles. The number of nitrogens with zero attached hydrogens (tertiary/aromatic N) is 4. The van der Waals surface area contributed by atoms with E-state index in [1.807, 2.05) is 30.7 Å². The number of amides is 1. The van der Waals surface area contributed by atoms with Crippen molar-refractivity contribution in [2.75, 3.05) is 0 Å². The van der Waals surface area contributed by atoms with E-state index in [-0.39, 0.29) is 11.7 Å². The van der Waals surface area contributed by atoms with E-state index in [0.717, 1.165) is 21.4 Å². The number of nitrogens with one attached hydrogen (secondary N) is 1. The fraction of sp³-hybridized carbons (Fsp3) is 0.250. The molecular weight excluding hydrogens is 374 g/mol. The zero-order chi connectivity index (χ0) is 17.1. The predicted octanol–water partition coefficient (Wildman–Crippen LogP) is 2.62. The molecule has 24 heavy (non-hydrogen) atoms. The van der Waals surface area contributed by atoms with Crippen LogP contribution in [0.5, 0.6) is 0 Å². The van der Waals surface area contributed by atoms with Crippen molar-refractivity contribution in [1.82, 2.24) is 25.2 Å². The zero-order valence-electron chi connectivity index (χ0n) is 13.3. The minimum atomic E-state index is -0.305. The molecule has 8 heteroatoms. The van der Waals surface area contributed by atoms with Crippen molar-refractivity contribution in [3.63, 3.8) is 0 Å². The van der Waals surface area contributed by atoms with Gasteiger partial charge in [-0.25, -0.2) is 0 Å². The van der Waals surface area contributed by atoms with E-state index >= 15 is 0 Å². The Kier molecular flexibility index (Phi) is 4.75. The standard InChI is InChI=1S/C16H16BrN5O2/c1-10-15(17)11(2)22(20-10)9-13-7-14(24-21-13)16(23)19-8-12-3-5-18-6-4-12/h3-7H,8-9H2,1-2H3,(H,19,23). The maximum Gasteiger partial charge on any atom is 0.290 e. The number of aryl methyl sites for hydroxylation is 1. The second kappa shape index (κ2) is 6.96. The summed E-state index contributed by atoms with van der Waals surface area (Å²) in [6, 6.07) is 5.31. The largest absolute Gasteiger partial charge is 0.351 e. The molecule has 7 nitrogen and oxygen atoms in total. The molecule has 0 fully saturated rings. The topological polar surface area (TPSA) is 85.8 Å². The minimum Gasteiger partial charge on any atom is -0.351 e. The van der Waals surface area contributed by atoms with Gasteiger partial charge in [0.15, 0.2) is 0 Å². The third kappa shape index (κ3) is 3.53. The third-order valence-electron chi connectivity index (χ3n) is 3.59. The lowest BCUT2D eigenvalue weighted by atomic mass is 10.2. The summed E-state index contributed by atoms with van der Waals surface area (Å²) in [6.07, 6.45) is 3.36. The lowest BCUT2D eigenvalue weighted by molar-refractivity contribution is 0.0914. The Morgan fingerprint density at radius 3 is 2.75 bits per heavy atom. The number of carbonyl (C=O) groups excluding carboxylic acids is 1. The highest BCUT2D eigenvalue weighted by Gasteiger charge is 2.15. The first-order chi connectivity index (χ1) is 11.5. The van der Waals surface area contributed by atoms with Crippen LogP contribution >= 0.6 is 15.9 Å². The molecule has 124 valence electrons. The number of rotatable bonds is 5. The van der Waals surface area contributed by atoms with Gasteiger partial charge in [0, 0.05) is 25.0 Å². The maximum absolute atomic E-state index is 12.1. The molecule has 1 amide bonds. The van der Waals surface area contributed by atoms with Crippen LogP contribution in [-0.4, -0.2) is 25.8 Å². The van der Waals surface area contributed by atoms with Crippen LogP contribution in [0.15, 0.2) is 39.6 Å². The van der Waals surface area contributed by atoms with Gasteiger partial charge < -0.3 is 9.84 Å². The number of carbonyl (C=O) groups is 1. The zero-order valence-corrected chi connectivity index (χ0v) is 14.9. The number of halogens is 1. The van der Waals surface area contributed by atoms with Crippen molar-refractivity contribution in [3.05, 3.63) is 63.5 Å². The molecule has 0 radical (unpaired) electrons. The van der Waals surface area contributed by atoms with Crippen molar-refractivity contribution in [1.29, 1.82) is 0 Å². The van der Waals surface area contributed by atoms with Crippen LogP contribution in [0.2, 0.25) is 0 Å². The number of pyridine rings is 1. The van der Waals surface area contributed by atoms with Gasteiger partial charge >= 0.3 is 0 Å². The molecule has 0 aliphatic rings. The Labute approximate surface area is 147 Å². The Bertz CT molecular complexity index is 857. The monoisotopic (exact) mass is 389 g/mol. The molecule has 0 atom stereocenters. The van der Waals surface area contributed by atoms with E-state index in [9.17, 15) is 4.79 Å². The van der Waals surface area contributed by atoms with Gasteiger partial charge in [-0.2, -0.15) is 5.10 Å². The Hall–Kier alpha value is -2.48. The van der Waals surface area contributed by atoms with Crippen LogP contribution in [0.1, 0.15) is 33.2 Å². The van der Waals surface area contributed by atoms with E-state index in [2.05, 4.69) is 36.5 Å². The van der Waals surface area contributed by atoms with Crippen LogP contribution in [0.4, 0.5) is 0 Å². The lowest BCUT2D eigenvalue weighted by Crippen LogP contribution is -2.22. The summed E-state index contributed by atoms with van der Waals surface area (Å²) >= 11 is 3.49. The first-order valence-electron chi connectivity index (χ1n) is 7.37. The van der Waals surface area contributed by atoms with Crippen LogP contribution < -0.4 is 5.32 Å². The number of hydrogen-bond donors (Lipinski definition) is 1. The van der Waals surface area contributed by atoms with Gasteiger partial charge in [0.25, 0.3) is 5.91 Å². The van der Waals surface area contributed by atoms with Crippen LogP contribution in [-0.2, 0) is 13.1 Å². The summed E-state index contributed by atoms with van der Waals surface area (Å²) in [5, 5.41) is 11.1. The molecule has 3 heterocycles. The minimum absolute atomic E-state index is 0.180. The summed E-state index contributed by atoms with van der Waals surface area (Å²) in [7, 11) is 0. The second-order valence-electron chi connectivity index (χ2n) is 5.36. The average Bonchev–Trinajstić information content (AvgIpc) is 3.15. The maximum atomic E-state index is 12.1. The van der Waals surface area contributed by atoms with Gasteiger partial charge in [-0.1, -0.05) is 5.16 Å². The van der Waals surface area contributed by atoms with E-state index < -0.39 is 0 Å². The fourth-order valence-corrected chi connectivity index (χ4v) is 2.53. The van der Waals surface area contributed by atoms with Crippen molar-refractivity contribution in [3.8, 4) is 0 Å². The molecule has 3 aromatic rings. The Morgan fingerprint density at radius 1 is 1.33 bits per heavy atom. The Morgan fingerprint density at radius 2 is 2.08 bits per heavy atom. The second-order valence-corrected chi connectivity index (χ2v) is 6.16. The highest BCUT2D eigenvalue weighted by atomic mass is 79.9. The van der Waals surface area contributed by atoms with E-state index in [1.54, 1.807) is 18.5 Å². The third-order valence-corrected chi connectivity index (χ3v) is 4.74. The molecule has 0 bridgehead atoms. The smallest absolute Gasteiger partial charge is 0.290 e. The normalized spacial score (nSPS) is 10.8. The lowest BCUT2D eigenvalue weighted by Gasteiger charge is -2.01. The van der Waals surface area contributed by atoms with Gasteiger partial charge in [-0.05, 0) is 47.5 Å². The van der Waals surface area contributed by atoms with E-state index in [1.165, 1.54) is 0 Å². The first kappa shape index (κ1) is 16.4. The number of aromatic nitrogens is 4. The molecule has 0 spiro atoms. The summed E-state index contributed by atoms with van der Waals surface area (Å²) in [5.74, 6) is -0.125. The molecule has 3 aromatic heterocycles. The summed E-state index contributed by atoms with van der Waals surface area (Å²) in [5.41, 5.74) is 3.51. The molecule has 0 unspecified atom stereocenters. The average molecular weight is 390 g/mol. The summed E-state index contributed by atoms with van der Waals surface area (Å²) in [4.78, 5) is 16.1. The van der Waals surface area contributed by atoms with E-state index in [4.69, 9.17) is 4.52 Å². The Balaban J connectivity index is 1.64. The van der Waals surface area contributed by atoms with Crippen LogP contribution in [0.25, 0.3) is 0 Å². The van der Waals surface area contributed by atoms with Crippen LogP contribution in [0, 0.1) is 13.8 Å². The summed E-state index contributed by atoms with van der Waals surface area (Å²) in [6.45, 7) is 4.74. The quantitative estimate of drug-likeness (QED) is 0.724. The molecule has 3 rings (SSSR count). The molecule has 0 saturated heterocycles. The molecule has 0 saturated carbocycles. The number of hydrogen-bond acceptors (Lipinski definition) is 5. The van der Waals surface area contributed by atoms with Gasteiger partial charge in [-0.3, -0.25) is 14.5 Å². The van der Waals surface area contributed by atoms with Crippen molar-refractivity contribution < 1.29 is 9.32 Å². The van der Waals surface area contributed by atoms with E-state index in [0.29, 0.717) is 18.8 Å². The van der Waals surface area contributed by atoms with Gasteiger partial charge in [0.1, 0.15) is 5.69 Å². The predicted molar refractivity (Wildman–Crippen MR) is 90.4 cm³/mol. The molecule has 0 aliphatic heterocycles. The molecule has 0 aliphatic carbocycles. The van der Waals surface area contributed by atoms with Gasteiger partial charge in [0.2, 0.25) is 5.76 Å². The highest BCUT2D eigenvalue weighted by Crippen LogP contribution is 2.20. The molecular formula is C16H16BrN5O2. The fourth-order valence-electron chi connectivity index (χ4n) is 2.25. The molecule has 1 N–H and O–H groups in total. The summed E-state index contributed by atoms with van der Waals surface area (Å²) < 4.78 is 7.93. The van der Waals surface area contributed by atoms with Crippen molar-refractivity contribution in [2.45, 2.75) is 26.9 Å². The van der Waals surface area contributed by atoms with Gasteiger partial charge in [-0.15, -0.1) is 0 Å². The van der Waals surface area contributed by atoms with Crippen molar-refractivity contribution in [2.24, 2.45) is 0 Å². The van der Waals surface area contributed by atoms with Crippen LogP contribution in [0.3, 0.4) is 0 Å². The SMILES string of the molecule is Cc1nn(Cc2cc(C(=O)NCc3ccncc3)on2)c(C)c1Br. The van der Waals surface area contributed by atoms with Gasteiger partial charge in [0.05, 0.1) is 22.4 Å². The first-order valence-corrected chi connectivity index (χ1v) is 8.16. The van der Waals surface area contributed by atoms with Crippen molar-refractivity contribution >= 4 is 21.8 Å². The highest BCUT2D eigenvalue weighted by molar-refractivity contribution is 9.10.